The molecule has 0 bridgehead atoms. The van der Waals surface area contributed by atoms with Gasteiger partial charge in [0.05, 0.1) is 18.8 Å². The summed E-state index contributed by atoms with van der Waals surface area (Å²) >= 11 is 0. The standard InChI is InChI=1S/C6H12O2.C3H8O2/c1-4-5(2)8-6(3)7;1-3(5)2-4/h5H,4H2,1-3H3;3-5H,2H2,1H3. The van der Waals surface area contributed by atoms with Gasteiger partial charge in [0, 0.05) is 6.92 Å². The number of carbonyl (C=O) groups excluding carboxylic acids is 1. The first-order valence-electron chi connectivity index (χ1n) is 4.40. The highest BCUT2D eigenvalue weighted by Gasteiger charge is 1.99. The van der Waals surface area contributed by atoms with Gasteiger partial charge in [0.1, 0.15) is 0 Å². The molecule has 13 heavy (non-hydrogen) atoms. The molecule has 0 saturated carbocycles. The number of hydrogen-bond donors (Lipinski definition) is 2. The summed E-state index contributed by atoms with van der Waals surface area (Å²) in [5.41, 5.74) is 0. The van der Waals surface area contributed by atoms with Crippen LogP contribution in [0.1, 0.15) is 34.1 Å². The molecule has 0 amide bonds. The van der Waals surface area contributed by atoms with E-state index in [-0.39, 0.29) is 18.7 Å². The van der Waals surface area contributed by atoms with Crippen LogP contribution in [0.5, 0.6) is 0 Å². The van der Waals surface area contributed by atoms with E-state index < -0.39 is 6.10 Å². The minimum Gasteiger partial charge on any atom is -0.463 e. The van der Waals surface area contributed by atoms with E-state index >= 15 is 0 Å². The highest BCUT2D eigenvalue weighted by molar-refractivity contribution is 5.66. The summed E-state index contributed by atoms with van der Waals surface area (Å²) in [6.07, 6.45) is 0.405. The summed E-state index contributed by atoms with van der Waals surface area (Å²) in [7, 11) is 0. The minimum absolute atomic E-state index is 0.0764. The summed E-state index contributed by atoms with van der Waals surface area (Å²) < 4.78 is 4.76. The molecule has 0 rings (SSSR count). The zero-order valence-corrected chi connectivity index (χ0v) is 8.78. The molecule has 2 unspecified atom stereocenters. The molecule has 80 valence electrons. The van der Waals surface area contributed by atoms with Crippen LogP contribution in [-0.4, -0.2) is 35.0 Å². The molecular formula is C9H20O4. The fourth-order valence-electron chi connectivity index (χ4n) is 0.367. The predicted molar refractivity (Wildman–Crippen MR) is 50.3 cm³/mol. The topological polar surface area (TPSA) is 66.8 Å². The molecule has 2 atom stereocenters. The Kier molecular flexibility index (Phi) is 10.9. The van der Waals surface area contributed by atoms with Crippen LogP contribution < -0.4 is 0 Å². The molecule has 0 fully saturated rings. The highest BCUT2D eigenvalue weighted by atomic mass is 16.5. The molecule has 0 spiro atoms. The van der Waals surface area contributed by atoms with Crippen molar-refractivity contribution in [3.63, 3.8) is 0 Å². The first kappa shape index (κ1) is 14.9. The lowest BCUT2D eigenvalue weighted by Crippen LogP contribution is -2.09. The largest absolute Gasteiger partial charge is 0.463 e. The lowest BCUT2D eigenvalue weighted by molar-refractivity contribution is -0.145. The van der Waals surface area contributed by atoms with E-state index in [1.54, 1.807) is 0 Å². The Balaban J connectivity index is 0. The lowest BCUT2D eigenvalue weighted by Gasteiger charge is -2.06. The number of rotatable bonds is 3. The number of ether oxygens (including phenoxy) is 1. The second-order valence-corrected chi connectivity index (χ2v) is 2.86. The van der Waals surface area contributed by atoms with Gasteiger partial charge in [-0.1, -0.05) is 6.92 Å². The van der Waals surface area contributed by atoms with Crippen molar-refractivity contribution in [2.45, 2.75) is 46.3 Å². The maximum absolute atomic E-state index is 10.2. The van der Waals surface area contributed by atoms with Crippen molar-refractivity contribution in [2.75, 3.05) is 6.61 Å². The third kappa shape index (κ3) is 18.4. The van der Waals surface area contributed by atoms with Gasteiger partial charge in [-0.05, 0) is 20.3 Å². The van der Waals surface area contributed by atoms with Gasteiger partial charge in [0.15, 0.2) is 0 Å². The molecule has 0 aromatic rings. The van der Waals surface area contributed by atoms with Crippen LogP contribution in [-0.2, 0) is 9.53 Å². The van der Waals surface area contributed by atoms with Gasteiger partial charge in [0.2, 0.25) is 0 Å². The van der Waals surface area contributed by atoms with Crippen molar-refractivity contribution in [3.8, 4) is 0 Å². The molecule has 0 radical (unpaired) electrons. The van der Waals surface area contributed by atoms with Crippen LogP contribution in [0.25, 0.3) is 0 Å². The van der Waals surface area contributed by atoms with Crippen LogP contribution in [0.15, 0.2) is 0 Å². The van der Waals surface area contributed by atoms with E-state index in [0.29, 0.717) is 0 Å². The van der Waals surface area contributed by atoms with Crippen LogP contribution in [0.3, 0.4) is 0 Å². The molecule has 2 N–H and O–H groups in total. The molecular weight excluding hydrogens is 172 g/mol. The zero-order chi connectivity index (χ0) is 10.9. The smallest absolute Gasteiger partial charge is 0.302 e. The SMILES string of the molecule is CC(O)CO.CCC(C)OC(C)=O. The second-order valence-electron chi connectivity index (χ2n) is 2.86. The van der Waals surface area contributed by atoms with Gasteiger partial charge in [-0.15, -0.1) is 0 Å². The van der Waals surface area contributed by atoms with Crippen molar-refractivity contribution in [1.82, 2.24) is 0 Å². The monoisotopic (exact) mass is 192 g/mol. The van der Waals surface area contributed by atoms with Crippen molar-refractivity contribution >= 4 is 5.97 Å². The summed E-state index contributed by atoms with van der Waals surface area (Å²) in [5.74, 6) is -0.195. The summed E-state index contributed by atoms with van der Waals surface area (Å²) in [6, 6.07) is 0. The second kappa shape index (κ2) is 9.48. The maximum atomic E-state index is 10.2. The summed E-state index contributed by atoms with van der Waals surface area (Å²) in [5, 5.41) is 16.0. The van der Waals surface area contributed by atoms with E-state index in [9.17, 15) is 4.79 Å². The fourth-order valence-corrected chi connectivity index (χ4v) is 0.367. The number of hydrogen-bond acceptors (Lipinski definition) is 4. The van der Waals surface area contributed by atoms with Gasteiger partial charge in [-0.25, -0.2) is 0 Å². The minimum atomic E-state index is -0.560. The van der Waals surface area contributed by atoms with Gasteiger partial charge in [-0.2, -0.15) is 0 Å². The summed E-state index contributed by atoms with van der Waals surface area (Å²) in [4.78, 5) is 10.2. The van der Waals surface area contributed by atoms with Gasteiger partial charge < -0.3 is 14.9 Å². The van der Waals surface area contributed by atoms with Crippen molar-refractivity contribution in [2.24, 2.45) is 0 Å². The van der Waals surface area contributed by atoms with Crippen molar-refractivity contribution in [1.29, 1.82) is 0 Å². The number of aliphatic hydroxyl groups excluding tert-OH is 2. The quantitative estimate of drug-likeness (QED) is 0.646. The van der Waals surface area contributed by atoms with E-state index in [4.69, 9.17) is 14.9 Å². The average molecular weight is 192 g/mol. The summed E-state index contributed by atoms with van der Waals surface area (Å²) in [6.45, 7) is 6.67. The average Bonchev–Trinajstić information content (AvgIpc) is 2.04. The first-order chi connectivity index (χ1) is 5.93. The number of aliphatic hydroxyl groups is 2. The van der Waals surface area contributed by atoms with E-state index in [2.05, 4.69) is 0 Å². The molecule has 0 heterocycles. The van der Waals surface area contributed by atoms with Crippen LogP contribution in [0, 0.1) is 0 Å². The van der Waals surface area contributed by atoms with Gasteiger partial charge in [-0.3, -0.25) is 4.79 Å². The molecule has 4 nitrogen and oxygen atoms in total. The predicted octanol–water partition coefficient (Wildman–Crippen LogP) is 0.707. The molecule has 0 aromatic heterocycles. The third-order valence-corrected chi connectivity index (χ3v) is 1.21. The van der Waals surface area contributed by atoms with E-state index in [1.807, 2.05) is 13.8 Å². The van der Waals surface area contributed by atoms with Gasteiger partial charge >= 0.3 is 5.97 Å². The normalized spacial score (nSPS) is 13.7. The van der Waals surface area contributed by atoms with Gasteiger partial charge in [0.25, 0.3) is 0 Å². The van der Waals surface area contributed by atoms with Crippen LogP contribution >= 0.6 is 0 Å². The number of esters is 1. The Morgan fingerprint density at radius 1 is 1.46 bits per heavy atom. The Morgan fingerprint density at radius 3 is 1.92 bits per heavy atom. The molecule has 0 aromatic carbocycles. The van der Waals surface area contributed by atoms with Crippen LogP contribution in [0.2, 0.25) is 0 Å². The number of carbonyl (C=O) groups is 1. The van der Waals surface area contributed by atoms with E-state index in [1.165, 1.54) is 13.8 Å². The molecule has 0 aliphatic rings. The molecule has 0 aliphatic heterocycles. The fraction of sp³-hybridized carbons (Fsp3) is 0.889. The zero-order valence-electron chi connectivity index (χ0n) is 8.78. The highest BCUT2D eigenvalue weighted by Crippen LogP contribution is 1.94. The lowest BCUT2D eigenvalue weighted by atomic mass is 10.3. The van der Waals surface area contributed by atoms with Crippen molar-refractivity contribution in [3.05, 3.63) is 0 Å². The Labute approximate surface area is 79.5 Å². The Hall–Kier alpha value is -0.610. The van der Waals surface area contributed by atoms with Crippen LogP contribution in [0.4, 0.5) is 0 Å². The van der Waals surface area contributed by atoms with E-state index in [0.717, 1.165) is 6.42 Å². The third-order valence-electron chi connectivity index (χ3n) is 1.21. The Bertz CT molecular complexity index is 123. The first-order valence-corrected chi connectivity index (χ1v) is 4.40. The maximum Gasteiger partial charge on any atom is 0.302 e. The molecule has 0 aliphatic carbocycles. The van der Waals surface area contributed by atoms with Crippen molar-refractivity contribution < 1.29 is 19.7 Å². The molecule has 0 saturated heterocycles. The molecule has 4 heteroatoms. The Morgan fingerprint density at radius 2 is 1.85 bits per heavy atom.